The van der Waals surface area contributed by atoms with Gasteiger partial charge in [0.2, 0.25) is 0 Å². The second kappa shape index (κ2) is 7.13. The van der Waals surface area contributed by atoms with Crippen molar-refractivity contribution in [3.8, 4) is 0 Å². The standard InChI is InChI=1S/C13H19ClF3N3/c1-9(2)18-7-10-6-12(19-8-11(10)14)20(3)5-4-13(15,16)17/h6,8-9,18H,4-5,7H2,1-3H3. The second-order valence-corrected chi connectivity index (χ2v) is 5.36. The van der Waals surface area contributed by atoms with Crippen LogP contribution in [0.3, 0.4) is 0 Å². The molecule has 1 rings (SSSR count). The Labute approximate surface area is 122 Å². The van der Waals surface area contributed by atoms with Gasteiger partial charge in [0.1, 0.15) is 5.82 Å². The summed E-state index contributed by atoms with van der Waals surface area (Å²) in [6.45, 7) is 4.44. The SMILES string of the molecule is CC(C)NCc1cc(N(C)CCC(F)(F)F)ncc1Cl. The molecule has 0 saturated carbocycles. The number of nitrogens with zero attached hydrogens (tertiary/aromatic N) is 2. The minimum atomic E-state index is -4.16. The van der Waals surface area contributed by atoms with E-state index in [2.05, 4.69) is 10.3 Å². The number of pyridine rings is 1. The molecule has 114 valence electrons. The molecular weight excluding hydrogens is 291 g/mol. The maximum Gasteiger partial charge on any atom is 0.390 e. The monoisotopic (exact) mass is 309 g/mol. The molecule has 0 aliphatic rings. The van der Waals surface area contributed by atoms with Gasteiger partial charge >= 0.3 is 6.18 Å². The molecule has 0 radical (unpaired) electrons. The molecule has 20 heavy (non-hydrogen) atoms. The van der Waals surface area contributed by atoms with Crippen LogP contribution in [0, 0.1) is 0 Å². The number of rotatable bonds is 6. The fourth-order valence-corrected chi connectivity index (χ4v) is 1.71. The molecule has 0 aliphatic carbocycles. The predicted molar refractivity (Wildman–Crippen MR) is 75.2 cm³/mol. The molecule has 1 heterocycles. The van der Waals surface area contributed by atoms with Gasteiger partial charge in [-0.2, -0.15) is 13.2 Å². The van der Waals surface area contributed by atoms with E-state index in [0.717, 1.165) is 5.56 Å². The molecule has 0 spiro atoms. The zero-order chi connectivity index (χ0) is 15.3. The lowest BCUT2D eigenvalue weighted by Gasteiger charge is -2.20. The number of halogens is 4. The molecule has 0 bridgehead atoms. The molecule has 0 aliphatic heterocycles. The molecule has 7 heteroatoms. The Morgan fingerprint density at radius 2 is 2.05 bits per heavy atom. The Balaban J connectivity index is 2.73. The molecule has 0 fully saturated rings. The molecule has 0 unspecified atom stereocenters. The van der Waals surface area contributed by atoms with E-state index in [1.807, 2.05) is 13.8 Å². The third-order valence-corrected chi connectivity index (χ3v) is 3.08. The molecule has 1 aromatic rings. The van der Waals surface area contributed by atoms with Crippen LogP contribution in [-0.2, 0) is 6.54 Å². The number of alkyl halides is 3. The van der Waals surface area contributed by atoms with Crippen LogP contribution in [0.15, 0.2) is 12.3 Å². The van der Waals surface area contributed by atoms with E-state index in [1.54, 1.807) is 13.1 Å². The Bertz CT molecular complexity index is 435. The van der Waals surface area contributed by atoms with Crippen LogP contribution >= 0.6 is 11.6 Å². The quantitative estimate of drug-likeness (QED) is 0.870. The molecular formula is C13H19ClF3N3. The van der Waals surface area contributed by atoms with E-state index in [4.69, 9.17) is 11.6 Å². The van der Waals surface area contributed by atoms with E-state index >= 15 is 0 Å². The lowest BCUT2D eigenvalue weighted by atomic mass is 10.2. The second-order valence-electron chi connectivity index (χ2n) is 4.96. The maximum atomic E-state index is 12.2. The van der Waals surface area contributed by atoms with Gasteiger partial charge in [-0.05, 0) is 11.6 Å². The highest BCUT2D eigenvalue weighted by atomic mass is 35.5. The van der Waals surface area contributed by atoms with Gasteiger partial charge in [0.25, 0.3) is 0 Å². The lowest BCUT2D eigenvalue weighted by molar-refractivity contribution is -0.132. The first-order valence-corrected chi connectivity index (χ1v) is 6.72. The van der Waals surface area contributed by atoms with Gasteiger partial charge in [-0.15, -0.1) is 0 Å². The van der Waals surface area contributed by atoms with Crippen molar-refractivity contribution < 1.29 is 13.2 Å². The summed E-state index contributed by atoms with van der Waals surface area (Å²) in [6, 6.07) is 2.01. The first-order chi connectivity index (χ1) is 9.19. The van der Waals surface area contributed by atoms with Crippen molar-refractivity contribution in [1.29, 1.82) is 0 Å². The topological polar surface area (TPSA) is 28.2 Å². The highest BCUT2D eigenvalue weighted by Crippen LogP contribution is 2.23. The Hall–Kier alpha value is -1.01. The van der Waals surface area contributed by atoms with Crippen LogP contribution in [-0.4, -0.2) is 30.8 Å². The third kappa shape index (κ3) is 5.96. The van der Waals surface area contributed by atoms with Crippen LogP contribution < -0.4 is 10.2 Å². The Kier molecular flexibility index (Phi) is 6.07. The smallest absolute Gasteiger partial charge is 0.359 e. The molecule has 3 nitrogen and oxygen atoms in total. The fraction of sp³-hybridized carbons (Fsp3) is 0.615. The molecule has 0 atom stereocenters. The maximum absolute atomic E-state index is 12.2. The number of hydrogen-bond donors (Lipinski definition) is 1. The van der Waals surface area contributed by atoms with Crippen LogP contribution in [0.5, 0.6) is 0 Å². The summed E-state index contributed by atoms with van der Waals surface area (Å²) in [4.78, 5) is 5.54. The molecule has 0 saturated heterocycles. The largest absolute Gasteiger partial charge is 0.390 e. The zero-order valence-electron chi connectivity index (χ0n) is 11.8. The molecule has 0 amide bonds. The summed E-state index contributed by atoms with van der Waals surface area (Å²) in [5, 5.41) is 3.72. The molecule has 1 aromatic heterocycles. The van der Waals surface area contributed by atoms with Gasteiger partial charge in [0.05, 0.1) is 11.4 Å². The summed E-state index contributed by atoms with van der Waals surface area (Å²) in [5.74, 6) is 0.485. The van der Waals surface area contributed by atoms with E-state index in [-0.39, 0.29) is 6.54 Å². The normalized spacial score (nSPS) is 12.0. The minimum absolute atomic E-state index is 0.130. The summed E-state index contributed by atoms with van der Waals surface area (Å²) in [5.41, 5.74) is 0.823. The highest BCUT2D eigenvalue weighted by Gasteiger charge is 2.27. The lowest BCUT2D eigenvalue weighted by Crippen LogP contribution is -2.25. The summed E-state index contributed by atoms with van der Waals surface area (Å²) in [6.07, 6.45) is -3.56. The van der Waals surface area contributed by atoms with Crippen LogP contribution in [0.2, 0.25) is 5.02 Å². The van der Waals surface area contributed by atoms with Gasteiger partial charge in [-0.3, -0.25) is 0 Å². The predicted octanol–water partition coefficient (Wildman–Crippen LogP) is 3.62. The van der Waals surface area contributed by atoms with Crippen molar-refractivity contribution in [2.75, 3.05) is 18.5 Å². The Morgan fingerprint density at radius 1 is 1.40 bits per heavy atom. The van der Waals surface area contributed by atoms with Crippen LogP contribution in [0.4, 0.5) is 19.0 Å². The zero-order valence-corrected chi connectivity index (χ0v) is 12.5. The summed E-state index contributed by atoms with van der Waals surface area (Å²) >= 11 is 6.03. The number of aromatic nitrogens is 1. The van der Waals surface area contributed by atoms with Crippen molar-refractivity contribution >= 4 is 17.4 Å². The van der Waals surface area contributed by atoms with Crippen molar-refractivity contribution in [3.05, 3.63) is 22.8 Å². The van der Waals surface area contributed by atoms with Crippen molar-refractivity contribution in [3.63, 3.8) is 0 Å². The van der Waals surface area contributed by atoms with E-state index in [9.17, 15) is 13.2 Å². The summed E-state index contributed by atoms with van der Waals surface area (Å²) < 4.78 is 36.6. The van der Waals surface area contributed by atoms with Gasteiger partial charge in [0.15, 0.2) is 0 Å². The average Bonchev–Trinajstić information content (AvgIpc) is 2.34. The Morgan fingerprint density at radius 3 is 2.60 bits per heavy atom. The molecule has 0 aromatic carbocycles. The van der Waals surface area contributed by atoms with Gasteiger partial charge in [-0.25, -0.2) is 4.98 Å². The number of anilines is 1. The first-order valence-electron chi connectivity index (χ1n) is 6.34. The van der Waals surface area contributed by atoms with Crippen molar-refractivity contribution in [2.45, 2.75) is 39.0 Å². The van der Waals surface area contributed by atoms with Gasteiger partial charge in [0, 0.05) is 32.4 Å². The van der Waals surface area contributed by atoms with Gasteiger partial charge < -0.3 is 10.2 Å². The van der Waals surface area contributed by atoms with Crippen molar-refractivity contribution in [1.82, 2.24) is 10.3 Å². The molecule has 1 N–H and O–H groups in total. The third-order valence-electron chi connectivity index (χ3n) is 2.74. The van der Waals surface area contributed by atoms with Crippen LogP contribution in [0.25, 0.3) is 0 Å². The summed E-state index contributed by atoms with van der Waals surface area (Å²) in [7, 11) is 1.58. The number of hydrogen-bond acceptors (Lipinski definition) is 3. The van der Waals surface area contributed by atoms with Crippen LogP contribution in [0.1, 0.15) is 25.8 Å². The first kappa shape index (κ1) is 17.0. The highest BCUT2D eigenvalue weighted by molar-refractivity contribution is 6.31. The fourth-order valence-electron chi connectivity index (χ4n) is 1.54. The number of nitrogens with one attached hydrogen (secondary N) is 1. The van der Waals surface area contributed by atoms with Gasteiger partial charge in [-0.1, -0.05) is 25.4 Å². The van der Waals surface area contributed by atoms with E-state index in [0.29, 0.717) is 23.4 Å². The van der Waals surface area contributed by atoms with E-state index < -0.39 is 12.6 Å². The van der Waals surface area contributed by atoms with Crippen molar-refractivity contribution in [2.24, 2.45) is 0 Å². The minimum Gasteiger partial charge on any atom is -0.359 e. The van der Waals surface area contributed by atoms with E-state index in [1.165, 1.54) is 11.1 Å². The average molecular weight is 310 g/mol.